The first kappa shape index (κ1) is 14.6. The van der Waals surface area contributed by atoms with Crippen molar-refractivity contribution in [2.75, 3.05) is 26.7 Å². The van der Waals surface area contributed by atoms with Crippen LogP contribution in [-0.2, 0) is 0 Å². The highest BCUT2D eigenvalue weighted by Gasteiger charge is 2.40. The average Bonchev–Trinajstić information content (AvgIpc) is 2.87. The second-order valence-corrected chi connectivity index (χ2v) is 6.59. The summed E-state index contributed by atoms with van der Waals surface area (Å²) in [4.78, 5) is 17.3. The number of carbonyl (C=O) groups is 1. The second-order valence-electron chi connectivity index (χ2n) is 6.59. The molecular weight excluding hydrogens is 266 g/mol. The van der Waals surface area contributed by atoms with Gasteiger partial charge in [0.25, 0.3) is 5.91 Å². The molecule has 1 amide bonds. The third kappa shape index (κ3) is 2.48. The summed E-state index contributed by atoms with van der Waals surface area (Å²) in [7, 11) is 2.23. The highest BCUT2D eigenvalue weighted by molar-refractivity contribution is 5.96. The number of aryl methyl sites for hydroxylation is 2. The molecular formula is C16H25N3O2. The first-order valence-corrected chi connectivity index (χ1v) is 7.97. The summed E-state index contributed by atoms with van der Waals surface area (Å²) in [5.41, 5.74) is 1.69. The molecule has 0 unspecified atom stereocenters. The molecule has 1 aromatic heterocycles. The van der Waals surface area contributed by atoms with Crippen LogP contribution in [0.4, 0.5) is 0 Å². The van der Waals surface area contributed by atoms with Gasteiger partial charge in [-0.05, 0) is 59.5 Å². The Balaban J connectivity index is 1.75. The normalized spacial score (nSPS) is 27.3. The summed E-state index contributed by atoms with van der Waals surface area (Å²) in [6.45, 7) is 6.54. The summed E-state index contributed by atoms with van der Waals surface area (Å²) in [6, 6.07) is 0. The molecule has 0 radical (unpaired) electrons. The molecule has 1 spiro atoms. The summed E-state index contributed by atoms with van der Waals surface area (Å²) in [6.07, 6.45) is 5.93. The maximum absolute atomic E-state index is 12.8. The Bertz CT molecular complexity index is 520. The SMILES string of the molecule is Cc1noc(C)c1C(=O)N1CCC[C@@]2(CCCN2C)CC1. The Morgan fingerprint density at radius 1 is 1.14 bits per heavy atom. The number of carbonyl (C=O) groups excluding carboxylic acids is 1. The summed E-state index contributed by atoms with van der Waals surface area (Å²) >= 11 is 0. The van der Waals surface area contributed by atoms with E-state index in [1.165, 1.54) is 25.8 Å². The van der Waals surface area contributed by atoms with E-state index in [2.05, 4.69) is 17.1 Å². The van der Waals surface area contributed by atoms with E-state index in [1.54, 1.807) is 0 Å². The topological polar surface area (TPSA) is 49.6 Å². The molecule has 0 aliphatic carbocycles. The lowest BCUT2D eigenvalue weighted by atomic mass is 9.88. The van der Waals surface area contributed by atoms with Gasteiger partial charge in [-0.1, -0.05) is 5.16 Å². The third-order valence-electron chi connectivity index (χ3n) is 5.40. The fourth-order valence-corrected chi connectivity index (χ4v) is 4.03. The Morgan fingerprint density at radius 3 is 2.43 bits per heavy atom. The van der Waals surface area contributed by atoms with Gasteiger partial charge in [0.05, 0.1) is 5.69 Å². The first-order chi connectivity index (χ1) is 10.0. The predicted molar refractivity (Wildman–Crippen MR) is 80.3 cm³/mol. The molecule has 116 valence electrons. The van der Waals surface area contributed by atoms with Crippen LogP contribution in [0.15, 0.2) is 4.52 Å². The van der Waals surface area contributed by atoms with Crippen LogP contribution in [-0.4, -0.2) is 53.1 Å². The van der Waals surface area contributed by atoms with Crippen molar-refractivity contribution in [1.82, 2.24) is 15.0 Å². The van der Waals surface area contributed by atoms with Gasteiger partial charge in [0.1, 0.15) is 11.3 Å². The number of rotatable bonds is 1. The third-order valence-corrected chi connectivity index (χ3v) is 5.40. The molecule has 0 saturated carbocycles. The molecule has 2 aliphatic rings. The Hall–Kier alpha value is -1.36. The van der Waals surface area contributed by atoms with E-state index in [0.717, 1.165) is 25.9 Å². The van der Waals surface area contributed by atoms with E-state index in [-0.39, 0.29) is 5.91 Å². The van der Waals surface area contributed by atoms with Crippen molar-refractivity contribution < 1.29 is 9.32 Å². The predicted octanol–water partition coefficient (Wildman–Crippen LogP) is 2.38. The molecule has 0 aromatic carbocycles. The zero-order valence-corrected chi connectivity index (χ0v) is 13.3. The van der Waals surface area contributed by atoms with E-state index < -0.39 is 0 Å². The Kier molecular flexibility index (Phi) is 3.78. The number of likely N-dealkylation sites (tertiary alicyclic amines) is 2. The maximum Gasteiger partial charge on any atom is 0.259 e. The number of hydrogen-bond acceptors (Lipinski definition) is 4. The lowest BCUT2D eigenvalue weighted by Crippen LogP contribution is -2.42. The lowest BCUT2D eigenvalue weighted by molar-refractivity contribution is 0.0747. The van der Waals surface area contributed by atoms with Crippen molar-refractivity contribution >= 4 is 5.91 Å². The highest BCUT2D eigenvalue weighted by atomic mass is 16.5. The largest absolute Gasteiger partial charge is 0.361 e. The number of aromatic nitrogens is 1. The van der Waals surface area contributed by atoms with Gasteiger partial charge in [0.2, 0.25) is 0 Å². The van der Waals surface area contributed by atoms with Crippen LogP contribution in [0.2, 0.25) is 0 Å². The standard InChI is InChI=1S/C16H25N3O2/c1-12-14(13(2)21-17-12)15(20)19-10-5-7-16(8-11-19)6-4-9-18(16)3/h4-11H2,1-3H3/t16-/m0/s1. The molecule has 3 rings (SSSR count). The summed E-state index contributed by atoms with van der Waals surface area (Å²) in [5.74, 6) is 0.721. The average molecular weight is 291 g/mol. The molecule has 2 fully saturated rings. The van der Waals surface area contributed by atoms with Crippen LogP contribution >= 0.6 is 0 Å². The van der Waals surface area contributed by atoms with E-state index in [4.69, 9.17) is 4.52 Å². The van der Waals surface area contributed by atoms with Crippen molar-refractivity contribution in [3.63, 3.8) is 0 Å². The second kappa shape index (κ2) is 5.44. The van der Waals surface area contributed by atoms with Crippen LogP contribution in [0.3, 0.4) is 0 Å². The van der Waals surface area contributed by atoms with Crippen LogP contribution in [0, 0.1) is 13.8 Å². The van der Waals surface area contributed by atoms with Crippen LogP contribution in [0.25, 0.3) is 0 Å². The molecule has 2 aliphatic heterocycles. The van der Waals surface area contributed by atoms with Crippen molar-refractivity contribution in [2.24, 2.45) is 0 Å². The molecule has 0 bridgehead atoms. The monoisotopic (exact) mass is 291 g/mol. The molecule has 5 heteroatoms. The minimum Gasteiger partial charge on any atom is -0.361 e. The maximum atomic E-state index is 12.8. The van der Waals surface area contributed by atoms with Crippen molar-refractivity contribution in [2.45, 2.75) is 51.5 Å². The number of amides is 1. The summed E-state index contributed by atoms with van der Waals surface area (Å²) < 4.78 is 5.14. The van der Waals surface area contributed by atoms with Gasteiger partial charge in [-0.2, -0.15) is 0 Å². The van der Waals surface area contributed by atoms with E-state index in [0.29, 0.717) is 22.6 Å². The van der Waals surface area contributed by atoms with E-state index in [9.17, 15) is 4.79 Å². The lowest BCUT2D eigenvalue weighted by Gasteiger charge is -2.35. The van der Waals surface area contributed by atoms with Crippen LogP contribution < -0.4 is 0 Å². The smallest absolute Gasteiger partial charge is 0.259 e. The van der Waals surface area contributed by atoms with E-state index >= 15 is 0 Å². The van der Waals surface area contributed by atoms with Gasteiger partial charge < -0.3 is 14.3 Å². The van der Waals surface area contributed by atoms with Crippen LogP contribution in [0.1, 0.15) is 53.9 Å². The molecule has 2 saturated heterocycles. The first-order valence-electron chi connectivity index (χ1n) is 7.97. The molecule has 5 nitrogen and oxygen atoms in total. The van der Waals surface area contributed by atoms with Gasteiger partial charge in [0.15, 0.2) is 0 Å². The van der Waals surface area contributed by atoms with Crippen molar-refractivity contribution in [3.8, 4) is 0 Å². The van der Waals surface area contributed by atoms with Gasteiger partial charge in [-0.3, -0.25) is 4.79 Å². The Labute approximate surface area is 126 Å². The fourth-order valence-electron chi connectivity index (χ4n) is 4.03. The van der Waals surface area contributed by atoms with Gasteiger partial charge in [-0.15, -0.1) is 0 Å². The fraction of sp³-hybridized carbons (Fsp3) is 0.750. The molecule has 1 atom stereocenters. The number of nitrogens with zero attached hydrogens (tertiary/aromatic N) is 3. The molecule has 3 heterocycles. The quantitative estimate of drug-likeness (QED) is 0.797. The van der Waals surface area contributed by atoms with Gasteiger partial charge >= 0.3 is 0 Å². The zero-order chi connectivity index (χ0) is 15.0. The van der Waals surface area contributed by atoms with Crippen molar-refractivity contribution in [1.29, 1.82) is 0 Å². The Morgan fingerprint density at radius 2 is 1.86 bits per heavy atom. The molecule has 21 heavy (non-hydrogen) atoms. The van der Waals surface area contributed by atoms with Crippen LogP contribution in [0.5, 0.6) is 0 Å². The van der Waals surface area contributed by atoms with Gasteiger partial charge in [-0.25, -0.2) is 0 Å². The summed E-state index contributed by atoms with van der Waals surface area (Å²) in [5, 5.41) is 3.91. The van der Waals surface area contributed by atoms with E-state index in [1.807, 2.05) is 18.7 Å². The number of hydrogen-bond donors (Lipinski definition) is 0. The minimum atomic E-state index is 0.0870. The molecule has 1 aromatic rings. The van der Waals surface area contributed by atoms with Crippen molar-refractivity contribution in [3.05, 3.63) is 17.0 Å². The zero-order valence-electron chi connectivity index (χ0n) is 13.3. The van der Waals surface area contributed by atoms with Gasteiger partial charge in [0, 0.05) is 18.6 Å². The molecule has 0 N–H and O–H groups in total. The minimum absolute atomic E-state index is 0.0870. The highest BCUT2D eigenvalue weighted by Crippen LogP contribution is 2.37.